The molecule has 1 amide bonds. The second-order valence-corrected chi connectivity index (χ2v) is 13.8. The molecule has 1 saturated heterocycles. The van der Waals surface area contributed by atoms with Crippen LogP contribution in [0.5, 0.6) is 0 Å². The summed E-state index contributed by atoms with van der Waals surface area (Å²) in [5, 5.41) is 0. The molecule has 1 aliphatic heterocycles. The maximum absolute atomic E-state index is 15.0. The molecule has 2 aliphatic carbocycles. The van der Waals surface area contributed by atoms with Gasteiger partial charge in [-0.2, -0.15) is 26.3 Å². The Morgan fingerprint density at radius 2 is 1.56 bits per heavy atom. The van der Waals surface area contributed by atoms with Crippen molar-refractivity contribution >= 4 is 21.5 Å². The number of fused-ring (bicyclic) bond motifs is 3. The summed E-state index contributed by atoms with van der Waals surface area (Å²) >= 11 is 0. The van der Waals surface area contributed by atoms with Crippen LogP contribution in [0.3, 0.4) is 0 Å². The van der Waals surface area contributed by atoms with Crippen LogP contribution in [0.25, 0.3) is 0 Å². The van der Waals surface area contributed by atoms with Gasteiger partial charge in [0.2, 0.25) is 5.91 Å². The van der Waals surface area contributed by atoms with Crippen molar-refractivity contribution in [3.8, 4) is 0 Å². The van der Waals surface area contributed by atoms with Crippen LogP contribution in [-0.2, 0) is 36.3 Å². The molecule has 5 nitrogen and oxygen atoms in total. The normalized spacial score (nSPS) is 26.7. The SMILES string of the molecule is C[C@@H]1CC(=O)CC[C@H]1C(=O)N1CC[C@@]2(S(=O)(=O)c3ccc(F)cc3)c3ccc(C(F)(C(F)(F)F)C(F)(F)F)cc3CC[C@@H]12. The molecule has 5 rings (SSSR count). The predicted molar refractivity (Wildman–Crippen MR) is 137 cm³/mol. The highest BCUT2D eigenvalue weighted by Crippen LogP contribution is 2.57. The molecular weight excluding hydrogens is 610 g/mol. The average molecular weight is 638 g/mol. The van der Waals surface area contributed by atoms with Gasteiger partial charge in [0.05, 0.1) is 10.9 Å². The van der Waals surface area contributed by atoms with Crippen LogP contribution >= 0.6 is 0 Å². The van der Waals surface area contributed by atoms with Crippen molar-refractivity contribution in [2.75, 3.05) is 6.54 Å². The van der Waals surface area contributed by atoms with E-state index in [2.05, 4.69) is 0 Å². The number of amides is 1. The lowest BCUT2D eigenvalue weighted by Crippen LogP contribution is -2.54. The van der Waals surface area contributed by atoms with Gasteiger partial charge in [0, 0.05) is 30.9 Å². The molecule has 1 heterocycles. The molecule has 14 heteroatoms. The number of sulfone groups is 1. The number of halogens is 8. The molecule has 0 spiro atoms. The zero-order valence-corrected chi connectivity index (χ0v) is 23.6. The Morgan fingerprint density at radius 1 is 0.930 bits per heavy atom. The molecule has 234 valence electrons. The third-order valence-electron chi connectivity index (χ3n) is 9.24. The minimum Gasteiger partial charge on any atom is -0.337 e. The van der Waals surface area contributed by atoms with Gasteiger partial charge in [0.25, 0.3) is 0 Å². The average Bonchev–Trinajstić information content (AvgIpc) is 3.33. The molecule has 0 unspecified atom stereocenters. The molecule has 1 saturated carbocycles. The Morgan fingerprint density at radius 3 is 2.14 bits per heavy atom. The summed E-state index contributed by atoms with van der Waals surface area (Å²) < 4.78 is 137. The molecule has 0 N–H and O–H groups in total. The zero-order chi connectivity index (χ0) is 31.8. The first kappa shape index (κ1) is 31.4. The van der Waals surface area contributed by atoms with Gasteiger partial charge in [-0.15, -0.1) is 0 Å². The van der Waals surface area contributed by atoms with E-state index in [0.717, 1.165) is 30.3 Å². The van der Waals surface area contributed by atoms with Crippen molar-refractivity contribution in [3.05, 3.63) is 65.0 Å². The summed E-state index contributed by atoms with van der Waals surface area (Å²) in [5.41, 5.74) is -7.79. The number of rotatable bonds is 4. The van der Waals surface area contributed by atoms with E-state index in [4.69, 9.17) is 0 Å². The van der Waals surface area contributed by atoms with E-state index in [-0.39, 0.29) is 72.8 Å². The van der Waals surface area contributed by atoms with Gasteiger partial charge in [-0.3, -0.25) is 9.59 Å². The Balaban J connectivity index is 1.67. The fraction of sp³-hybridized carbons (Fsp3) is 0.517. The molecule has 2 aromatic rings. The summed E-state index contributed by atoms with van der Waals surface area (Å²) in [6.45, 7) is 1.64. The van der Waals surface area contributed by atoms with Gasteiger partial charge in [-0.25, -0.2) is 17.2 Å². The van der Waals surface area contributed by atoms with E-state index in [1.165, 1.54) is 4.90 Å². The molecular formula is C29H27F8NO4S. The van der Waals surface area contributed by atoms with E-state index in [9.17, 15) is 53.1 Å². The number of Topliss-reactive ketones (excluding diaryl/α,β-unsaturated/α-hetero) is 1. The van der Waals surface area contributed by atoms with Gasteiger partial charge >= 0.3 is 18.0 Å². The summed E-state index contributed by atoms with van der Waals surface area (Å²) in [6.07, 6.45) is -12.8. The quantitative estimate of drug-likeness (QED) is 0.290. The first-order chi connectivity index (χ1) is 19.9. The van der Waals surface area contributed by atoms with Crippen LogP contribution in [0, 0.1) is 17.7 Å². The van der Waals surface area contributed by atoms with Crippen molar-refractivity contribution in [2.24, 2.45) is 11.8 Å². The summed E-state index contributed by atoms with van der Waals surface area (Å²) in [4.78, 5) is 26.8. The standard InChI is InChI=1S/C29H27F8NO4S/c1-16-14-20(39)6-9-22(16)25(40)38-13-12-26(43(41,42)21-7-4-19(30)5-8-21)23-10-3-18(15-17(23)2-11-24(26)38)27(31,28(32,33)34)29(35,36)37/h3-5,7-8,10,15-16,22,24H,2,6,9,11-14H2,1H3/t16-,22-,24-,26-/m1/s1. The molecule has 43 heavy (non-hydrogen) atoms. The topological polar surface area (TPSA) is 71.5 Å². The fourth-order valence-electron chi connectivity index (χ4n) is 7.10. The zero-order valence-electron chi connectivity index (χ0n) is 22.7. The summed E-state index contributed by atoms with van der Waals surface area (Å²) in [7, 11) is -4.57. The van der Waals surface area contributed by atoms with Crippen molar-refractivity contribution < 1.29 is 53.1 Å². The van der Waals surface area contributed by atoms with E-state index < -0.39 is 61.9 Å². The minimum atomic E-state index is -6.36. The number of hydrogen-bond acceptors (Lipinski definition) is 4. The fourth-order valence-corrected chi connectivity index (χ4v) is 9.47. The van der Waals surface area contributed by atoms with Crippen molar-refractivity contribution in [1.29, 1.82) is 0 Å². The van der Waals surface area contributed by atoms with E-state index in [1.54, 1.807) is 6.92 Å². The number of carbonyl (C=O) groups excluding carboxylic acids is 2. The number of aryl methyl sites for hydroxylation is 1. The molecule has 2 aromatic carbocycles. The Hall–Kier alpha value is -3.03. The van der Waals surface area contributed by atoms with Crippen molar-refractivity contribution in [1.82, 2.24) is 4.90 Å². The smallest absolute Gasteiger partial charge is 0.337 e. The van der Waals surface area contributed by atoms with Crippen LogP contribution < -0.4 is 0 Å². The lowest BCUT2D eigenvalue weighted by atomic mass is 9.76. The largest absolute Gasteiger partial charge is 0.435 e. The number of benzene rings is 2. The first-order valence-electron chi connectivity index (χ1n) is 13.6. The van der Waals surface area contributed by atoms with Gasteiger partial charge < -0.3 is 4.90 Å². The summed E-state index contributed by atoms with van der Waals surface area (Å²) in [6, 6.07) is 4.20. The lowest BCUT2D eigenvalue weighted by Gasteiger charge is -2.44. The third kappa shape index (κ3) is 4.65. The van der Waals surface area contributed by atoms with E-state index >= 15 is 0 Å². The molecule has 4 atom stereocenters. The maximum Gasteiger partial charge on any atom is 0.435 e. The number of nitrogens with zero attached hydrogens (tertiary/aromatic N) is 1. The highest BCUT2D eigenvalue weighted by atomic mass is 32.2. The molecule has 3 aliphatic rings. The number of carbonyl (C=O) groups is 2. The van der Waals surface area contributed by atoms with Crippen LogP contribution in [-0.4, -0.2) is 49.9 Å². The predicted octanol–water partition coefficient (Wildman–Crippen LogP) is 6.34. The second kappa shape index (κ2) is 10.3. The Kier molecular flexibility index (Phi) is 7.50. The Bertz CT molecular complexity index is 1540. The van der Waals surface area contributed by atoms with Gasteiger partial charge in [-0.1, -0.05) is 25.1 Å². The number of ketones is 1. The van der Waals surface area contributed by atoms with Crippen LogP contribution in [0.15, 0.2) is 47.4 Å². The third-order valence-corrected chi connectivity index (χ3v) is 11.8. The number of likely N-dealkylation sites (tertiary alicyclic amines) is 1. The van der Waals surface area contributed by atoms with Crippen molar-refractivity contribution in [3.63, 3.8) is 0 Å². The number of alkyl halides is 7. The minimum absolute atomic E-state index is 0.00439. The lowest BCUT2D eigenvalue weighted by molar-refractivity contribution is -0.348. The van der Waals surface area contributed by atoms with Crippen LogP contribution in [0.4, 0.5) is 35.1 Å². The maximum atomic E-state index is 15.0. The molecule has 0 aromatic heterocycles. The summed E-state index contributed by atoms with van der Waals surface area (Å²) in [5.74, 6) is -2.05. The van der Waals surface area contributed by atoms with Crippen LogP contribution in [0.2, 0.25) is 0 Å². The molecule has 0 radical (unpaired) electrons. The van der Waals surface area contributed by atoms with Gasteiger partial charge in [0.1, 0.15) is 16.3 Å². The molecule has 0 bridgehead atoms. The van der Waals surface area contributed by atoms with Gasteiger partial charge in [0.15, 0.2) is 9.84 Å². The molecule has 2 fully saturated rings. The number of hydrogen-bond donors (Lipinski definition) is 0. The second-order valence-electron chi connectivity index (χ2n) is 11.6. The van der Waals surface area contributed by atoms with E-state index in [1.807, 2.05) is 0 Å². The van der Waals surface area contributed by atoms with E-state index in [0.29, 0.717) is 12.1 Å². The monoisotopic (exact) mass is 637 g/mol. The van der Waals surface area contributed by atoms with Crippen LogP contribution in [0.1, 0.15) is 55.7 Å². The highest BCUT2D eigenvalue weighted by molar-refractivity contribution is 7.92. The van der Waals surface area contributed by atoms with Crippen molar-refractivity contribution in [2.45, 2.75) is 79.2 Å². The first-order valence-corrected chi connectivity index (χ1v) is 15.1. The van der Waals surface area contributed by atoms with Gasteiger partial charge in [-0.05, 0) is 67.0 Å². The Labute approximate surface area is 242 Å². The highest BCUT2D eigenvalue weighted by Gasteiger charge is 2.74.